The van der Waals surface area contributed by atoms with Crippen LogP contribution < -0.4 is 0 Å². The molecule has 0 bridgehead atoms. The predicted octanol–water partition coefficient (Wildman–Crippen LogP) is 2.24. The number of carbonyl (C=O) groups excluding carboxylic acids is 1. The van der Waals surface area contributed by atoms with Crippen molar-refractivity contribution < 1.29 is 4.79 Å². The molecule has 0 saturated heterocycles. The Morgan fingerprint density at radius 2 is 2.14 bits per heavy atom. The Labute approximate surface area is 83.7 Å². The van der Waals surface area contributed by atoms with Crippen molar-refractivity contribution in [1.82, 2.24) is 0 Å². The van der Waals surface area contributed by atoms with Crippen molar-refractivity contribution in [2.24, 2.45) is 4.99 Å². The maximum atomic E-state index is 10.2. The second-order valence-electron chi connectivity index (χ2n) is 3.49. The summed E-state index contributed by atoms with van der Waals surface area (Å²) in [6, 6.07) is 7.43. The summed E-state index contributed by atoms with van der Waals surface area (Å²) in [5.41, 5.74) is 1.14. The van der Waals surface area contributed by atoms with Crippen LogP contribution in [-0.4, -0.2) is 6.08 Å². The van der Waals surface area contributed by atoms with E-state index in [0.29, 0.717) is 0 Å². The molecular formula is C12H11NO. The van der Waals surface area contributed by atoms with Gasteiger partial charge in [0, 0.05) is 5.56 Å². The van der Waals surface area contributed by atoms with Gasteiger partial charge in [0.1, 0.15) is 0 Å². The predicted molar refractivity (Wildman–Crippen MR) is 55.5 cm³/mol. The summed E-state index contributed by atoms with van der Waals surface area (Å²) >= 11 is 0. The molecule has 0 aliphatic heterocycles. The molecule has 0 amide bonds. The first kappa shape index (κ1) is 10.2. The highest BCUT2D eigenvalue weighted by molar-refractivity contribution is 5.41. The van der Waals surface area contributed by atoms with Gasteiger partial charge >= 0.3 is 0 Å². The van der Waals surface area contributed by atoms with Crippen LogP contribution in [-0.2, 0) is 10.3 Å². The molecule has 0 aliphatic carbocycles. The summed E-state index contributed by atoms with van der Waals surface area (Å²) < 4.78 is 0. The smallest absolute Gasteiger partial charge is 0.211 e. The lowest BCUT2D eigenvalue weighted by Gasteiger charge is -2.17. The maximum Gasteiger partial charge on any atom is 0.235 e. The van der Waals surface area contributed by atoms with Gasteiger partial charge in [-0.1, -0.05) is 18.1 Å². The van der Waals surface area contributed by atoms with Crippen molar-refractivity contribution in [3.63, 3.8) is 0 Å². The van der Waals surface area contributed by atoms with Gasteiger partial charge in [-0.2, -0.15) is 4.99 Å². The SMILES string of the molecule is C#Cc1cccc(C(C)(C)N=C=O)c1. The van der Waals surface area contributed by atoms with Gasteiger partial charge in [-0.3, -0.25) is 0 Å². The lowest BCUT2D eigenvalue weighted by Crippen LogP contribution is -2.13. The molecule has 1 rings (SSSR count). The third-order valence-electron chi connectivity index (χ3n) is 2.06. The number of aliphatic imine (C=N–C) groups is 1. The Morgan fingerprint density at radius 3 is 2.71 bits per heavy atom. The molecule has 0 spiro atoms. The molecular weight excluding hydrogens is 174 g/mol. The van der Waals surface area contributed by atoms with Crippen molar-refractivity contribution in [2.75, 3.05) is 0 Å². The minimum atomic E-state index is -0.561. The van der Waals surface area contributed by atoms with Crippen LogP contribution in [0.1, 0.15) is 25.0 Å². The topological polar surface area (TPSA) is 29.4 Å². The standard InChI is InChI=1S/C12H11NO/c1-4-10-6-5-7-11(8-10)12(2,3)13-9-14/h1,5-8H,2-3H3. The first-order valence-electron chi connectivity index (χ1n) is 4.26. The van der Waals surface area contributed by atoms with Crippen LogP contribution in [0.2, 0.25) is 0 Å². The molecule has 0 radical (unpaired) electrons. The highest BCUT2D eigenvalue weighted by Crippen LogP contribution is 2.24. The highest BCUT2D eigenvalue weighted by atomic mass is 16.1. The van der Waals surface area contributed by atoms with Crippen LogP contribution in [0.5, 0.6) is 0 Å². The van der Waals surface area contributed by atoms with Crippen LogP contribution in [0.15, 0.2) is 29.3 Å². The number of hydrogen-bond donors (Lipinski definition) is 0. The van der Waals surface area contributed by atoms with E-state index < -0.39 is 5.54 Å². The van der Waals surface area contributed by atoms with Crippen LogP contribution >= 0.6 is 0 Å². The quantitative estimate of drug-likeness (QED) is 0.394. The molecule has 0 atom stereocenters. The normalized spacial score (nSPS) is 10.1. The number of hydrogen-bond acceptors (Lipinski definition) is 2. The summed E-state index contributed by atoms with van der Waals surface area (Å²) in [4.78, 5) is 13.9. The van der Waals surface area contributed by atoms with E-state index >= 15 is 0 Å². The monoisotopic (exact) mass is 185 g/mol. The molecule has 1 aromatic carbocycles. The second kappa shape index (κ2) is 3.91. The van der Waals surface area contributed by atoms with Gasteiger partial charge in [0.2, 0.25) is 6.08 Å². The first-order chi connectivity index (χ1) is 6.60. The fraction of sp³-hybridized carbons (Fsp3) is 0.250. The molecule has 0 unspecified atom stereocenters. The van der Waals surface area contributed by atoms with Gasteiger partial charge in [-0.05, 0) is 31.5 Å². The van der Waals surface area contributed by atoms with E-state index in [1.54, 1.807) is 6.08 Å². The van der Waals surface area contributed by atoms with E-state index in [9.17, 15) is 4.79 Å². The van der Waals surface area contributed by atoms with Crippen LogP contribution in [0, 0.1) is 12.3 Å². The maximum absolute atomic E-state index is 10.2. The van der Waals surface area contributed by atoms with Crippen molar-refractivity contribution in [2.45, 2.75) is 19.4 Å². The lowest BCUT2D eigenvalue weighted by molar-refractivity contribution is 0.523. The summed E-state index contributed by atoms with van der Waals surface area (Å²) in [6.07, 6.45) is 6.85. The molecule has 2 heteroatoms. The summed E-state index contributed by atoms with van der Waals surface area (Å²) in [5, 5.41) is 0. The molecule has 0 aliphatic rings. The number of terminal acetylenes is 1. The zero-order valence-electron chi connectivity index (χ0n) is 8.24. The largest absolute Gasteiger partial charge is 0.235 e. The molecule has 0 N–H and O–H groups in total. The van der Waals surface area contributed by atoms with Gasteiger partial charge in [-0.25, -0.2) is 4.79 Å². The Morgan fingerprint density at radius 1 is 1.43 bits per heavy atom. The molecule has 0 fully saturated rings. The summed E-state index contributed by atoms with van der Waals surface area (Å²) in [6.45, 7) is 3.68. The molecule has 2 nitrogen and oxygen atoms in total. The lowest BCUT2D eigenvalue weighted by atomic mass is 9.94. The molecule has 70 valence electrons. The molecule has 0 heterocycles. The fourth-order valence-electron chi connectivity index (χ4n) is 1.17. The average Bonchev–Trinajstić information content (AvgIpc) is 2.18. The molecule has 1 aromatic rings. The Bertz CT molecular complexity index is 420. The minimum Gasteiger partial charge on any atom is -0.211 e. The van der Waals surface area contributed by atoms with E-state index in [1.165, 1.54) is 0 Å². The van der Waals surface area contributed by atoms with Crippen molar-refractivity contribution in [3.05, 3.63) is 35.4 Å². The van der Waals surface area contributed by atoms with E-state index in [4.69, 9.17) is 6.42 Å². The molecule has 0 aromatic heterocycles. The van der Waals surface area contributed by atoms with E-state index in [2.05, 4.69) is 10.9 Å². The van der Waals surface area contributed by atoms with Gasteiger partial charge in [0.05, 0.1) is 5.54 Å². The van der Waals surface area contributed by atoms with E-state index in [1.807, 2.05) is 38.1 Å². The zero-order chi connectivity index (χ0) is 10.6. The molecule has 0 saturated carbocycles. The summed E-state index contributed by atoms with van der Waals surface area (Å²) in [7, 11) is 0. The fourth-order valence-corrected chi connectivity index (χ4v) is 1.17. The van der Waals surface area contributed by atoms with Crippen LogP contribution in [0.4, 0.5) is 0 Å². The van der Waals surface area contributed by atoms with E-state index in [0.717, 1.165) is 11.1 Å². The van der Waals surface area contributed by atoms with Crippen LogP contribution in [0.25, 0.3) is 0 Å². The van der Waals surface area contributed by atoms with Gasteiger partial charge in [0.25, 0.3) is 0 Å². The van der Waals surface area contributed by atoms with E-state index in [-0.39, 0.29) is 0 Å². The highest BCUT2D eigenvalue weighted by Gasteiger charge is 2.18. The third kappa shape index (κ3) is 2.10. The Kier molecular flexibility index (Phi) is 2.86. The van der Waals surface area contributed by atoms with Gasteiger partial charge in [0.15, 0.2) is 0 Å². The zero-order valence-corrected chi connectivity index (χ0v) is 8.24. The Balaban J connectivity index is 3.20. The second-order valence-corrected chi connectivity index (χ2v) is 3.49. The average molecular weight is 185 g/mol. The Hall–Kier alpha value is -1.84. The minimum absolute atomic E-state index is 0.561. The third-order valence-corrected chi connectivity index (χ3v) is 2.06. The first-order valence-corrected chi connectivity index (χ1v) is 4.26. The van der Waals surface area contributed by atoms with Crippen molar-refractivity contribution in [1.29, 1.82) is 0 Å². The van der Waals surface area contributed by atoms with Crippen LogP contribution in [0.3, 0.4) is 0 Å². The van der Waals surface area contributed by atoms with Gasteiger partial charge < -0.3 is 0 Å². The number of isocyanates is 1. The number of benzene rings is 1. The van der Waals surface area contributed by atoms with Crippen molar-refractivity contribution in [3.8, 4) is 12.3 Å². The summed E-state index contributed by atoms with van der Waals surface area (Å²) in [5.74, 6) is 2.54. The molecule has 14 heavy (non-hydrogen) atoms. The van der Waals surface area contributed by atoms with Crippen molar-refractivity contribution >= 4 is 6.08 Å². The van der Waals surface area contributed by atoms with Gasteiger partial charge in [-0.15, -0.1) is 6.42 Å². The number of nitrogens with zero attached hydrogens (tertiary/aromatic N) is 1. The number of rotatable bonds is 2.